The third-order valence-corrected chi connectivity index (χ3v) is 5.67. The third kappa shape index (κ3) is 4.68. The van der Waals surface area contributed by atoms with E-state index in [0.717, 1.165) is 26.1 Å². The van der Waals surface area contributed by atoms with E-state index >= 15 is 0 Å². The number of hydrogen-bond donors (Lipinski definition) is 1. The molecule has 1 spiro atoms. The second-order valence-corrected chi connectivity index (χ2v) is 7.38. The lowest BCUT2D eigenvalue weighted by Crippen LogP contribution is -2.37. The number of nitrogens with zero attached hydrogens (tertiary/aromatic N) is 1. The van der Waals surface area contributed by atoms with Crippen molar-refractivity contribution in [1.29, 1.82) is 0 Å². The molecule has 1 aromatic heterocycles. The molecule has 0 aromatic carbocycles. The van der Waals surface area contributed by atoms with Crippen molar-refractivity contribution in [3.8, 4) is 0 Å². The second-order valence-electron chi connectivity index (χ2n) is 6.60. The van der Waals surface area contributed by atoms with Gasteiger partial charge in [-0.3, -0.25) is 4.90 Å². The molecule has 3 rings (SSSR count). The maximum absolute atomic E-state index is 12.2. The fourth-order valence-electron chi connectivity index (χ4n) is 3.64. The second kappa shape index (κ2) is 7.09. The van der Waals surface area contributed by atoms with E-state index in [9.17, 15) is 13.2 Å². The molecule has 1 N–H and O–H groups in total. The van der Waals surface area contributed by atoms with Crippen LogP contribution in [0.3, 0.4) is 0 Å². The maximum Gasteiger partial charge on any atom is 0.411 e. The molecule has 0 unspecified atom stereocenters. The van der Waals surface area contributed by atoms with Crippen LogP contribution in [-0.4, -0.2) is 50.0 Å². The summed E-state index contributed by atoms with van der Waals surface area (Å²) in [4.78, 5) is 2.32. The van der Waals surface area contributed by atoms with Crippen molar-refractivity contribution in [3.63, 3.8) is 0 Å². The maximum atomic E-state index is 12.2. The van der Waals surface area contributed by atoms with Crippen LogP contribution in [0.5, 0.6) is 0 Å². The topological polar surface area (TPSA) is 24.5 Å². The van der Waals surface area contributed by atoms with Crippen LogP contribution in [0.25, 0.3) is 0 Å². The number of rotatable bonds is 7. The van der Waals surface area contributed by atoms with E-state index in [2.05, 4.69) is 21.7 Å². The Morgan fingerprint density at radius 2 is 2.13 bits per heavy atom. The van der Waals surface area contributed by atoms with Crippen molar-refractivity contribution in [2.75, 3.05) is 32.8 Å². The van der Waals surface area contributed by atoms with Crippen LogP contribution >= 0.6 is 11.3 Å². The molecule has 1 aliphatic heterocycles. The van der Waals surface area contributed by atoms with Gasteiger partial charge in [-0.1, -0.05) is 0 Å². The van der Waals surface area contributed by atoms with Crippen LogP contribution in [0.1, 0.15) is 24.8 Å². The van der Waals surface area contributed by atoms with Gasteiger partial charge in [0.2, 0.25) is 0 Å². The summed E-state index contributed by atoms with van der Waals surface area (Å²) in [5.74, 6) is 0. The fraction of sp³-hybridized carbons (Fsp3) is 0.750. The molecule has 0 bridgehead atoms. The highest BCUT2D eigenvalue weighted by Crippen LogP contribution is 2.55. The predicted molar refractivity (Wildman–Crippen MR) is 84.5 cm³/mol. The van der Waals surface area contributed by atoms with E-state index in [0.29, 0.717) is 18.0 Å². The van der Waals surface area contributed by atoms with Gasteiger partial charge in [-0.25, -0.2) is 0 Å². The first-order chi connectivity index (χ1) is 11.0. The largest absolute Gasteiger partial charge is 0.411 e. The van der Waals surface area contributed by atoms with Gasteiger partial charge in [0, 0.05) is 19.1 Å². The molecule has 1 saturated carbocycles. The van der Waals surface area contributed by atoms with Crippen molar-refractivity contribution in [2.45, 2.75) is 38.0 Å². The lowest BCUT2D eigenvalue weighted by molar-refractivity contribution is -0.174. The van der Waals surface area contributed by atoms with Crippen LogP contribution in [0.15, 0.2) is 16.8 Å². The summed E-state index contributed by atoms with van der Waals surface area (Å²) in [6.07, 6.45) is -0.742. The molecule has 1 aromatic rings. The molecule has 7 heteroatoms. The molecular weight excluding hydrogens is 325 g/mol. The number of ether oxygens (including phenoxy) is 1. The Bertz CT molecular complexity index is 486. The third-order valence-electron chi connectivity index (χ3n) is 4.94. The monoisotopic (exact) mass is 348 g/mol. The zero-order chi connectivity index (χ0) is 16.3. The molecule has 3 nitrogen and oxygen atoms in total. The van der Waals surface area contributed by atoms with Gasteiger partial charge < -0.3 is 10.1 Å². The Morgan fingerprint density at radius 3 is 2.78 bits per heavy atom. The average Bonchev–Trinajstić information content (AvgIpc) is 2.95. The first kappa shape index (κ1) is 17.2. The van der Waals surface area contributed by atoms with Crippen LogP contribution < -0.4 is 5.32 Å². The standard InChI is InChI=1S/C16H23F3N2OS/c17-16(18,19)12-22-7-6-21(10-13-1-8-23-11-13)14-9-15(14)2-4-20-5-3-15/h1,8,11,14,20H,2-7,9-10,12H2/t14-/m1/s1. The number of thiophene rings is 1. The Morgan fingerprint density at radius 1 is 1.35 bits per heavy atom. The predicted octanol–water partition coefficient (Wildman–Crippen LogP) is 3.27. The van der Waals surface area contributed by atoms with E-state index < -0.39 is 12.8 Å². The summed E-state index contributed by atoms with van der Waals surface area (Å²) in [5.41, 5.74) is 1.62. The highest BCUT2D eigenvalue weighted by Gasteiger charge is 2.56. The first-order valence-electron chi connectivity index (χ1n) is 8.09. The molecular formula is C16H23F3N2OS. The molecule has 2 aliphatic rings. The minimum Gasteiger partial charge on any atom is -0.371 e. The number of hydrogen-bond acceptors (Lipinski definition) is 4. The highest BCUT2D eigenvalue weighted by molar-refractivity contribution is 7.07. The Labute approximate surface area is 138 Å². The van der Waals surface area contributed by atoms with Gasteiger partial charge in [0.15, 0.2) is 0 Å². The van der Waals surface area contributed by atoms with Gasteiger partial charge in [-0.05, 0) is 60.2 Å². The summed E-state index contributed by atoms with van der Waals surface area (Å²) in [5, 5.41) is 7.54. The molecule has 23 heavy (non-hydrogen) atoms. The van der Waals surface area contributed by atoms with E-state index in [1.165, 1.54) is 18.4 Å². The van der Waals surface area contributed by atoms with Crippen molar-refractivity contribution >= 4 is 11.3 Å². The van der Waals surface area contributed by atoms with Crippen LogP contribution in [-0.2, 0) is 11.3 Å². The first-order valence-corrected chi connectivity index (χ1v) is 9.03. The van der Waals surface area contributed by atoms with Crippen molar-refractivity contribution in [2.24, 2.45) is 5.41 Å². The molecule has 0 radical (unpaired) electrons. The zero-order valence-corrected chi connectivity index (χ0v) is 13.9. The van der Waals surface area contributed by atoms with Gasteiger partial charge in [-0.2, -0.15) is 24.5 Å². The summed E-state index contributed by atoms with van der Waals surface area (Å²) >= 11 is 1.66. The minimum atomic E-state index is -4.24. The Balaban J connectivity index is 1.54. The van der Waals surface area contributed by atoms with Gasteiger partial charge in [-0.15, -0.1) is 0 Å². The summed E-state index contributed by atoms with van der Waals surface area (Å²) in [7, 11) is 0. The van der Waals surface area contributed by atoms with Crippen LogP contribution in [0.2, 0.25) is 0 Å². The molecule has 1 saturated heterocycles. The van der Waals surface area contributed by atoms with Crippen LogP contribution in [0, 0.1) is 5.41 Å². The Kier molecular flexibility index (Phi) is 5.30. The van der Waals surface area contributed by atoms with Gasteiger partial charge in [0.05, 0.1) is 6.61 Å². The lowest BCUT2D eigenvalue weighted by atomic mass is 9.93. The van der Waals surface area contributed by atoms with Gasteiger partial charge in [0.25, 0.3) is 0 Å². The quantitative estimate of drug-likeness (QED) is 0.766. The molecule has 2 fully saturated rings. The number of halogens is 3. The van der Waals surface area contributed by atoms with E-state index in [4.69, 9.17) is 4.74 Å². The minimum absolute atomic E-state index is 0.133. The van der Waals surface area contributed by atoms with Crippen molar-refractivity contribution in [3.05, 3.63) is 22.4 Å². The highest BCUT2D eigenvalue weighted by atomic mass is 32.1. The summed E-state index contributed by atoms with van der Waals surface area (Å²) in [6.45, 7) is 2.44. The molecule has 0 amide bonds. The normalized spacial score (nSPS) is 23.6. The number of alkyl halides is 3. The van der Waals surface area contributed by atoms with Crippen molar-refractivity contribution in [1.82, 2.24) is 10.2 Å². The Hall–Kier alpha value is -0.630. The zero-order valence-electron chi connectivity index (χ0n) is 13.1. The van der Waals surface area contributed by atoms with E-state index in [1.807, 2.05) is 5.38 Å². The van der Waals surface area contributed by atoms with Crippen molar-refractivity contribution < 1.29 is 17.9 Å². The smallest absolute Gasteiger partial charge is 0.371 e. The van der Waals surface area contributed by atoms with E-state index in [-0.39, 0.29) is 6.61 Å². The molecule has 2 heterocycles. The number of piperidine rings is 1. The number of nitrogens with one attached hydrogen (secondary N) is 1. The van der Waals surface area contributed by atoms with Gasteiger partial charge in [0.1, 0.15) is 6.61 Å². The summed E-state index contributed by atoms with van der Waals surface area (Å²) < 4.78 is 41.4. The fourth-order valence-corrected chi connectivity index (χ4v) is 4.30. The SMILES string of the molecule is FC(F)(F)COCCN(Cc1ccsc1)[C@@H]1CC12CCNCC2. The lowest BCUT2D eigenvalue weighted by Gasteiger charge is -2.29. The average molecular weight is 348 g/mol. The molecule has 130 valence electrons. The van der Waals surface area contributed by atoms with Gasteiger partial charge >= 0.3 is 6.18 Å². The molecule has 1 atom stereocenters. The van der Waals surface area contributed by atoms with E-state index in [1.54, 1.807) is 11.3 Å². The van der Waals surface area contributed by atoms with Crippen LogP contribution in [0.4, 0.5) is 13.2 Å². The molecule has 1 aliphatic carbocycles. The summed E-state index contributed by atoms with van der Waals surface area (Å²) in [6, 6.07) is 2.57.